The Labute approximate surface area is 161 Å². The first-order valence-corrected chi connectivity index (χ1v) is 10.8. The Kier molecular flexibility index (Phi) is 5.97. The molecule has 27 heavy (non-hydrogen) atoms. The van der Waals surface area contributed by atoms with E-state index >= 15 is 0 Å². The number of benzene rings is 2. The molecule has 0 saturated carbocycles. The number of anilines is 1. The highest BCUT2D eigenvalue weighted by atomic mass is 32.2. The molecule has 1 aliphatic carbocycles. The van der Waals surface area contributed by atoms with Gasteiger partial charge in [-0.25, -0.2) is 13.1 Å². The van der Waals surface area contributed by atoms with Crippen LogP contribution in [0.5, 0.6) is 0 Å². The summed E-state index contributed by atoms with van der Waals surface area (Å²) in [5, 5.41) is 2.83. The molecule has 0 radical (unpaired) electrons. The van der Waals surface area contributed by atoms with E-state index in [9.17, 15) is 13.2 Å². The summed E-state index contributed by atoms with van der Waals surface area (Å²) in [4.78, 5) is 12.4. The average molecular weight is 387 g/mol. The Hall–Kier alpha value is -2.18. The van der Waals surface area contributed by atoms with Crippen LogP contribution in [0.3, 0.4) is 0 Å². The number of aryl methyl sites for hydroxylation is 4. The molecule has 0 atom stereocenters. The first-order chi connectivity index (χ1) is 12.8. The van der Waals surface area contributed by atoms with Gasteiger partial charge in [-0.2, -0.15) is 0 Å². The molecule has 0 aromatic heterocycles. The molecule has 2 aromatic carbocycles. The van der Waals surface area contributed by atoms with Crippen molar-refractivity contribution in [2.75, 3.05) is 11.9 Å². The topological polar surface area (TPSA) is 75.3 Å². The molecular formula is C21H26N2O3S. The van der Waals surface area contributed by atoms with Crippen LogP contribution in [0.2, 0.25) is 0 Å². The van der Waals surface area contributed by atoms with E-state index in [-0.39, 0.29) is 23.8 Å². The fraction of sp³-hybridized carbons (Fsp3) is 0.381. The van der Waals surface area contributed by atoms with Gasteiger partial charge >= 0.3 is 0 Å². The van der Waals surface area contributed by atoms with Crippen molar-refractivity contribution >= 4 is 21.6 Å². The molecule has 0 heterocycles. The van der Waals surface area contributed by atoms with Crippen molar-refractivity contribution in [3.8, 4) is 0 Å². The molecule has 2 N–H and O–H groups in total. The second-order valence-electron chi connectivity index (χ2n) is 7.15. The first-order valence-electron chi connectivity index (χ1n) is 9.34. The van der Waals surface area contributed by atoms with E-state index in [1.165, 1.54) is 5.56 Å². The second kappa shape index (κ2) is 8.23. The van der Waals surface area contributed by atoms with Crippen molar-refractivity contribution < 1.29 is 13.2 Å². The van der Waals surface area contributed by atoms with Gasteiger partial charge in [0.15, 0.2) is 0 Å². The van der Waals surface area contributed by atoms with Gasteiger partial charge in [0, 0.05) is 18.7 Å². The summed E-state index contributed by atoms with van der Waals surface area (Å²) in [7, 11) is -3.61. The van der Waals surface area contributed by atoms with Gasteiger partial charge in [-0.05, 0) is 74.4 Å². The van der Waals surface area contributed by atoms with Crippen LogP contribution in [-0.4, -0.2) is 20.9 Å². The van der Waals surface area contributed by atoms with Gasteiger partial charge in [0.1, 0.15) is 0 Å². The fourth-order valence-electron chi connectivity index (χ4n) is 3.43. The van der Waals surface area contributed by atoms with Crippen LogP contribution in [-0.2, 0) is 27.7 Å². The fourth-order valence-corrected chi connectivity index (χ4v) is 4.51. The molecule has 144 valence electrons. The summed E-state index contributed by atoms with van der Waals surface area (Å²) in [6.07, 6.45) is 4.28. The number of amides is 1. The minimum absolute atomic E-state index is 0.0656. The second-order valence-corrected chi connectivity index (χ2v) is 8.92. The Morgan fingerprint density at radius 2 is 1.74 bits per heavy atom. The molecule has 0 spiro atoms. The number of sulfonamides is 1. The van der Waals surface area contributed by atoms with E-state index in [4.69, 9.17) is 0 Å². The van der Waals surface area contributed by atoms with Crippen LogP contribution in [0.25, 0.3) is 0 Å². The van der Waals surface area contributed by atoms with Gasteiger partial charge < -0.3 is 5.32 Å². The zero-order valence-corrected chi connectivity index (χ0v) is 16.7. The summed E-state index contributed by atoms with van der Waals surface area (Å²) in [5.74, 6) is -0.213. The lowest BCUT2D eigenvalue weighted by molar-refractivity contribution is -0.116. The van der Waals surface area contributed by atoms with Gasteiger partial charge in [0.2, 0.25) is 15.9 Å². The van der Waals surface area contributed by atoms with Gasteiger partial charge in [-0.15, -0.1) is 0 Å². The molecule has 0 saturated heterocycles. The Morgan fingerprint density at radius 1 is 1.00 bits per heavy atom. The quantitative estimate of drug-likeness (QED) is 0.798. The highest BCUT2D eigenvalue weighted by Gasteiger charge is 2.18. The molecule has 0 unspecified atom stereocenters. The Balaban J connectivity index is 1.56. The van der Waals surface area contributed by atoms with Gasteiger partial charge in [0.25, 0.3) is 0 Å². The van der Waals surface area contributed by atoms with Gasteiger partial charge in [0.05, 0.1) is 4.90 Å². The first kappa shape index (κ1) is 19.6. The van der Waals surface area contributed by atoms with Crippen LogP contribution in [0.1, 0.15) is 41.5 Å². The number of hydrogen-bond donors (Lipinski definition) is 2. The van der Waals surface area contributed by atoms with Crippen LogP contribution in [0.15, 0.2) is 41.3 Å². The molecule has 0 fully saturated rings. The molecule has 1 amide bonds. The molecule has 0 bridgehead atoms. The van der Waals surface area contributed by atoms with Gasteiger partial charge in [-0.3, -0.25) is 4.79 Å². The molecule has 1 aliphatic rings. The molecule has 5 nitrogen and oxygen atoms in total. The third-order valence-corrected chi connectivity index (χ3v) is 6.39. The maximum absolute atomic E-state index is 12.5. The van der Waals surface area contributed by atoms with E-state index in [2.05, 4.69) is 10.0 Å². The van der Waals surface area contributed by atoms with Crippen molar-refractivity contribution in [3.05, 3.63) is 58.7 Å². The Bertz CT molecular complexity index is 952. The lowest BCUT2D eigenvalue weighted by atomic mass is 9.92. The van der Waals surface area contributed by atoms with Crippen molar-refractivity contribution in [1.29, 1.82) is 0 Å². The molecule has 6 heteroatoms. The standard InChI is InChI=1S/C21H26N2O3S/c1-15-7-10-20(16(2)13-15)23-21(24)11-12-22-27(25,26)19-9-8-17-5-3-4-6-18(17)14-19/h7-10,13-14,22H,3-6,11-12H2,1-2H3,(H,23,24). The van der Waals surface area contributed by atoms with Crippen molar-refractivity contribution in [3.63, 3.8) is 0 Å². The van der Waals surface area contributed by atoms with Crippen LogP contribution in [0, 0.1) is 13.8 Å². The average Bonchev–Trinajstić information content (AvgIpc) is 2.63. The summed E-state index contributed by atoms with van der Waals surface area (Å²) in [5.41, 5.74) is 5.23. The van der Waals surface area contributed by atoms with E-state index in [0.29, 0.717) is 0 Å². The van der Waals surface area contributed by atoms with Crippen molar-refractivity contribution in [2.45, 2.75) is 50.8 Å². The SMILES string of the molecule is Cc1ccc(NC(=O)CCNS(=O)(=O)c2ccc3c(c2)CCCC3)c(C)c1. The molecule has 2 aromatic rings. The van der Waals surface area contributed by atoms with E-state index in [0.717, 1.165) is 48.1 Å². The normalized spacial score (nSPS) is 13.9. The summed E-state index contributed by atoms with van der Waals surface area (Å²) in [6, 6.07) is 11.1. The third-order valence-electron chi connectivity index (χ3n) is 4.93. The number of carbonyl (C=O) groups excluding carboxylic acids is 1. The minimum Gasteiger partial charge on any atom is -0.326 e. The number of rotatable bonds is 6. The number of hydrogen-bond acceptors (Lipinski definition) is 3. The van der Waals surface area contributed by atoms with E-state index < -0.39 is 10.0 Å². The molecule has 0 aliphatic heterocycles. The minimum atomic E-state index is -3.61. The van der Waals surface area contributed by atoms with Crippen LogP contribution < -0.4 is 10.0 Å². The number of carbonyl (C=O) groups is 1. The highest BCUT2D eigenvalue weighted by Crippen LogP contribution is 2.24. The maximum Gasteiger partial charge on any atom is 0.240 e. The molecular weight excluding hydrogens is 360 g/mol. The van der Waals surface area contributed by atoms with Crippen LogP contribution in [0.4, 0.5) is 5.69 Å². The van der Waals surface area contributed by atoms with E-state index in [1.807, 2.05) is 38.1 Å². The summed E-state index contributed by atoms with van der Waals surface area (Å²) >= 11 is 0. The largest absolute Gasteiger partial charge is 0.326 e. The van der Waals surface area contributed by atoms with Crippen LogP contribution >= 0.6 is 0 Å². The molecule has 3 rings (SSSR count). The van der Waals surface area contributed by atoms with Crippen molar-refractivity contribution in [1.82, 2.24) is 4.72 Å². The third kappa shape index (κ3) is 4.96. The smallest absolute Gasteiger partial charge is 0.240 e. The lowest BCUT2D eigenvalue weighted by Gasteiger charge is -2.16. The Morgan fingerprint density at radius 3 is 2.48 bits per heavy atom. The summed E-state index contributed by atoms with van der Waals surface area (Å²) < 4.78 is 27.5. The summed E-state index contributed by atoms with van der Waals surface area (Å²) in [6.45, 7) is 3.99. The van der Waals surface area contributed by atoms with E-state index in [1.54, 1.807) is 12.1 Å². The van der Waals surface area contributed by atoms with Gasteiger partial charge in [-0.1, -0.05) is 23.8 Å². The zero-order valence-electron chi connectivity index (χ0n) is 15.8. The highest BCUT2D eigenvalue weighted by molar-refractivity contribution is 7.89. The van der Waals surface area contributed by atoms with Crippen molar-refractivity contribution in [2.24, 2.45) is 0 Å². The predicted octanol–water partition coefficient (Wildman–Crippen LogP) is 3.49. The predicted molar refractivity (Wildman–Crippen MR) is 107 cm³/mol. The maximum atomic E-state index is 12.5. The zero-order chi connectivity index (χ0) is 19.4. The number of nitrogens with one attached hydrogen (secondary N) is 2. The lowest BCUT2D eigenvalue weighted by Crippen LogP contribution is -2.28. The monoisotopic (exact) mass is 386 g/mol. The number of fused-ring (bicyclic) bond motifs is 1.